The van der Waals surface area contributed by atoms with Crippen molar-refractivity contribution in [2.75, 3.05) is 26.2 Å². The molecule has 1 amide bonds. The lowest BCUT2D eigenvalue weighted by Gasteiger charge is -2.21. The second-order valence-electron chi connectivity index (χ2n) is 6.44. The van der Waals surface area contributed by atoms with Crippen molar-refractivity contribution in [2.45, 2.75) is 12.6 Å². The third-order valence-electron chi connectivity index (χ3n) is 4.53. The van der Waals surface area contributed by atoms with Gasteiger partial charge in [0, 0.05) is 38.6 Å². The Morgan fingerprint density at radius 2 is 2.12 bits per heavy atom. The maximum Gasteiger partial charge on any atom is 0.255 e. The first kappa shape index (κ1) is 15.9. The van der Waals surface area contributed by atoms with Crippen LogP contribution in [-0.2, 0) is 6.54 Å². The normalized spacial score (nSPS) is 19.2. The molecular weight excluding hydrogens is 318 g/mol. The summed E-state index contributed by atoms with van der Waals surface area (Å²) >= 11 is 0. The summed E-state index contributed by atoms with van der Waals surface area (Å²) in [7, 11) is 0. The Morgan fingerprint density at radius 1 is 1.24 bits per heavy atom. The lowest BCUT2D eigenvalue weighted by molar-refractivity contribution is 0.0663. The maximum absolute atomic E-state index is 12.5. The largest absolute Gasteiger partial charge is 0.390 e. The molecule has 4 rings (SSSR count). The Hall–Kier alpha value is -2.64. The Bertz CT molecular complexity index is 824. The zero-order valence-electron chi connectivity index (χ0n) is 13.9. The minimum Gasteiger partial charge on any atom is -0.390 e. The van der Waals surface area contributed by atoms with Crippen molar-refractivity contribution in [2.24, 2.45) is 0 Å². The van der Waals surface area contributed by atoms with Crippen molar-refractivity contribution in [3.05, 3.63) is 54.1 Å². The summed E-state index contributed by atoms with van der Waals surface area (Å²) < 4.78 is 0. The molecule has 130 valence electrons. The van der Waals surface area contributed by atoms with Crippen LogP contribution in [0, 0.1) is 0 Å². The lowest BCUT2D eigenvalue weighted by atomic mass is 10.2. The molecule has 1 atom stereocenters. The van der Waals surface area contributed by atoms with Gasteiger partial charge in [-0.2, -0.15) is 0 Å². The predicted octanol–water partition coefficient (Wildman–Crippen LogP) is 1.21. The van der Waals surface area contributed by atoms with Crippen LogP contribution in [-0.4, -0.2) is 68.0 Å². The monoisotopic (exact) mass is 339 g/mol. The van der Waals surface area contributed by atoms with E-state index in [1.54, 1.807) is 23.4 Å². The SMILES string of the molecule is O=C(c1cc[nH]c1)N1CCN(Cc2nc3ccccc3[nH]2)C[C@@H](O)C1. The molecule has 0 spiro atoms. The Kier molecular flexibility index (Phi) is 4.25. The highest BCUT2D eigenvalue weighted by molar-refractivity contribution is 5.94. The van der Waals surface area contributed by atoms with Crippen molar-refractivity contribution >= 4 is 16.9 Å². The van der Waals surface area contributed by atoms with E-state index in [9.17, 15) is 9.90 Å². The summed E-state index contributed by atoms with van der Waals surface area (Å²) in [6.45, 7) is 2.78. The number of nitrogens with one attached hydrogen (secondary N) is 2. The first-order valence-electron chi connectivity index (χ1n) is 8.45. The zero-order chi connectivity index (χ0) is 17.2. The van der Waals surface area contributed by atoms with Gasteiger partial charge in [0.2, 0.25) is 0 Å². The van der Waals surface area contributed by atoms with Gasteiger partial charge in [0.1, 0.15) is 5.82 Å². The molecule has 1 saturated heterocycles. The molecule has 3 heterocycles. The van der Waals surface area contributed by atoms with E-state index < -0.39 is 6.10 Å². The number of β-amino-alcohol motifs (C(OH)–C–C–N with tert-alkyl or cyclic N) is 1. The summed E-state index contributed by atoms with van der Waals surface area (Å²) in [5.74, 6) is 0.824. The fraction of sp³-hybridized carbons (Fsp3) is 0.333. The minimum absolute atomic E-state index is 0.0501. The van der Waals surface area contributed by atoms with Crippen LogP contribution in [0.25, 0.3) is 11.0 Å². The molecule has 0 bridgehead atoms. The zero-order valence-corrected chi connectivity index (χ0v) is 13.9. The molecule has 3 aromatic rings. The standard InChI is InChI=1S/C18H21N5O2/c24-14-10-22(12-17-20-15-3-1-2-4-16(15)21-17)7-8-23(11-14)18(25)13-5-6-19-9-13/h1-6,9,14,19,24H,7-8,10-12H2,(H,20,21)/t14-/m1/s1. The Morgan fingerprint density at radius 3 is 2.92 bits per heavy atom. The number of H-pyrrole nitrogens is 2. The van der Waals surface area contributed by atoms with Crippen LogP contribution >= 0.6 is 0 Å². The predicted molar refractivity (Wildman–Crippen MR) is 94.1 cm³/mol. The Labute approximate surface area is 145 Å². The van der Waals surface area contributed by atoms with Crippen molar-refractivity contribution in [1.82, 2.24) is 24.8 Å². The Balaban J connectivity index is 1.44. The molecule has 7 heteroatoms. The van der Waals surface area contributed by atoms with E-state index in [-0.39, 0.29) is 5.91 Å². The molecule has 7 nitrogen and oxygen atoms in total. The van der Waals surface area contributed by atoms with Crippen LogP contribution in [0.15, 0.2) is 42.7 Å². The minimum atomic E-state index is -0.574. The molecule has 1 fully saturated rings. The molecule has 0 saturated carbocycles. The molecule has 25 heavy (non-hydrogen) atoms. The van der Waals surface area contributed by atoms with Crippen LogP contribution in [0.5, 0.6) is 0 Å². The van der Waals surface area contributed by atoms with Crippen molar-refractivity contribution < 1.29 is 9.90 Å². The summed E-state index contributed by atoms with van der Waals surface area (Å²) in [6, 6.07) is 9.67. The molecule has 3 N–H and O–H groups in total. The van der Waals surface area contributed by atoms with Gasteiger partial charge in [0.05, 0.1) is 29.2 Å². The van der Waals surface area contributed by atoms with Gasteiger partial charge in [-0.3, -0.25) is 9.69 Å². The third kappa shape index (κ3) is 3.42. The lowest BCUT2D eigenvalue weighted by Crippen LogP contribution is -2.37. The molecule has 0 aliphatic carbocycles. The summed E-state index contributed by atoms with van der Waals surface area (Å²) in [5, 5.41) is 10.3. The summed E-state index contributed by atoms with van der Waals surface area (Å²) in [5.41, 5.74) is 2.58. The van der Waals surface area contributed by atoms with Gasteiger partial charge in [-0.1, -0.05) is 12.1 Å². The van der Waals surface area contributed by atoms with Gasteiger partial charge in [0.15, 0.2) is 0 Å². The second-order valence-corrected chi connectivity index (χ2v) is 6.44. The van der Waals surface area contributed by atoms with Crippen LogP contribution in [0.1, 0.15) is 16.2 Å². The van der Waals surface area contributed by atoms with Gasteiger partial charge in [-0.15, -0.1) is 0 Å². The number of fused-ring (bicyclic) bond motifs is 1. The molecule has 0 unspecified atom stereocenters. The van der Waals surface area contributed by atoms with E-state index in [4.69, 9.17) is 0 Å². The van der Waals surface area contributed by atoms with Gasteiger partial charge in [0.25, 0.3) is 5.91 Å². The van der Waals surface area contributed by atoms with E-state index >= 15 is 0 Å². The quantitative estimate of drug-likeness (QED) is 0.669. The van der Waals surface area contributed by atoms with Crippen molar-refractivity contribution in [1.29, 1.82) is 0 Å². The van der Waals surface area contributed by atoms with Crippen LogP contribution in [0.2, 0.25) is 0 Å². The number of hydrogen-bond donors (Lipinski definition) is 3. The van der Waals surface area contributed by atoms with E-state index in [1.807, 2.05) is 24.3 Å². The maximum atomic E-state index is 12.5. The van der Waals surface area contributed by atoms with E-state index in [1.165, 1.54) is 0 Å². The smallest absolute Gasteiger partial charge is 0.255 e. The fourth-order valence-corrected chi connectivity index (χ4v) is 3.31. The number of rotatable bonds is 3. The molecular formula is C18H21N5O2. The van der Waals surface area contributed by atoms with Gasteiger partial charge in [-0.25, -0.2) is 4.98 Å². The molecule has 1 aliphatic rings. The van der Waals surface area contributed by atoms with E-state index in [2.05, 4.69) is 19.9 Å². The highest BCUT2D eigenvalue weighted by Crippen LogP contribution is 2.14. The van der Waals surface area contributed by atoms with Crippen molar-refractivity contribution in [3.8, 4) is 0 Å². The molecule has 1 aromatic carbocycles. The number of para-hydroxylation sites is 2. The van der Waals surface area contributed by atoms with Crippen molar-refractivity contribution in [3.63, 3.8) is 0 Å². The average molecular weight is 339 g/mol. The first-order valence-corrected chi connectivity index (χ1v) is 8.45. The third-order valence-corrected chi connectivity index (χ3v) is 4.53. The number of aromatic amines is 2. The number of aromatic nitrogens is 3. The number of carbonyl (C=O) groups excluding carboxylic acids is 1. The second kappa shape index (κ2) is 6.70. The number of imidazole rings is 1. The fourth-order valence-electron chi connectivity index (χ4n) is 3.31. The number of amides is 1. The number of nitrogens with zero attached hydrogens (tertiary/aromatic N) is 3. The number of aliphatic hydroxyl groups is 1. The average Bonchev–Trinajstić information content (AvgIpc) is 3.22. The molecule has 0 radical (unpaired) electrons. The summed E-state index contributed by atoms with van der Waals surface area (Å²) in [6.07, 6.45) is 2.84. The van der Waals surface area contributed by atoms with Crippen LogP contribution < -0.4 is 0 Å². The number of carbonyl (C=O) groups is 1. The van der Waals surface area contributed by atoms with Crippen LogP contribution in [0.4, 0.5) is 0 Å². The molecule has 2 aromatic heterocycles. The van der Waals surface area contributed by atoms with Gasteiger partial charge in [-0.05, 0) is 18.2 Å². The first-order chi connectivity index (χ1) is 12.2. The molecule has 1 aliphatic heterocycles. The van der Waals surface area contributed by atoms with Crippen LogP contribution in [0.3, 0.4) is 0 Å². The number of hydrogen-bond acceptors (Lipinski definition) is 4. The number of aliphatic hydroxyl groups excluding tert-OH is 1. The topological polar surface area (TPSA) is 88.3 Å². The van der Waals surface area contributed by atoms with Gasteiger partial charge >= 0.3 is 0 Å². The van der Waals surface area contributed by atoms with Gasteiger partial charge < -0.3 is 20.0 Å². The highest BCUT2D eigenvalue weighted by Gasteiger charge is 2.25. The van der Waals surface area contributed by atoms with E-state index in [0.29, 0.717) is 38.3 Å². The highest BCUT2D eigenvalue weighted by atomic mass is 16.3. The van der Waals surface area contributed by atoms with E-state index in [0.717, 1.165) is 16.9 Å². The summed E-state index contributed by atoms with van der Waals surface area (Å²) in [4.78, 5) is 27.2. The number of benzene rings is 1.